The van der Waals surface area contributed by atoms with Crippen LogP contribution in [0.4, 0.5) is 4.39 Å². The van der Waals surface area contributed by atoms with Crippen molar-refractivity contribution in [3.63, 3.8) is 0 Å². The van der Waals surface area contributed by atoms with Crippen LogP contribution in [-0.2, 0) is 0 Å². The molecule has 1 aliphatic rings. The van der Waals surface area contributed by atoms with Crippen LogP contribution < -0.4 is 0 Å². The zero-order valence-electron chi connectivity index (χ0n) is 15.1. The Balaban J connectivity index is 0.00000102. The van der Waals surface area contributed by atoms with Crippen molar-refractivity contribution in [2.24, 2.45) is 0 Å². The predicted octanol–water partition coefficient (Wildman–Crippen LogP) is 4.27. The molecule has 2 aromatic carbocycles. The summed E-state index contributed by atoms with van der Waals surface area (Å²) in [4.78, 5) is 30.5. The summed E-state index contributed by atoms with van der Waals surface area (Å²) in [6.07, 6.45) is 2.92. The molecule has 0 spiro atoms. The lowest BCUT2D eigenvalue weighted by Gasteiger charge is -2.20. The van der Waals surface area contributed by atoms with E-state index >= 15 is 0 Å². The van der Waals surface area contributed by atoms with Crippen molar-refractivity contribution in [2.45, 2.75) is 19.8 Å². The Hall–Kier alpha value is -3.28. The zero-order valence-corrected chi connectivity index (χ0v) is 15.1. The summed E-state index contributed by atoms with van der Waals surface area (Å²) < 4.78 is 18.6. The molecule has 27 heavy (non-hydrogen) atoms. The summed E-state index contributed by atoms with van der Waals surface area (Å²) in [6, 6.07) is 12.6. The van der Waals surface area contributed by atoms with E-state index in [-0.39, 0.29) is 24.2 Å². The first-order chi connectivity index (χ1) is 13.1. The largest absolute Gasteiger partial charge is 0.448 e. The highest BCUT2D eigenvalue weighted by molar-refractivity contribution is 6.21. The van der Waals surface area contributed by atoms with Gasteiger partial charge >= 0.3 is 0 Å². The average molecular weight is 366 g/mol. The van der Waals surface area contributed by atoms with E-state index < -0.39 is 5.92 Å². The number of imide groups is 1. The lowest BCUT2D eigenvalue weighted by molar-refractivity contribution is 0.0646. The fourth-order valence-electron chi connectivity index (χ4n) is 3.02. The number of benzene rings is 2. The van der Waals surface area contributed by atoms with Gasteiger partial charge < -0.3 is 4.42 Å². The third-order valence-corrected chi connectivity index (χ3v) is 4.27. The summed E-state index contributed by atoms with van der Waals surface area (Å²) in [5.41, 5.74) is 1.48. The maximum absolute atomic E-state index is 13.2. The van der Waals surface area contributed by atoms with Gasteiger partial charge in [0.25, 0.3) is 11.8 Å². The summed E-state index contributed by atoms with van der Waals surface area (Å²) in [5.74, 6) is -1.17. The topological polar surface area (TPSA) is 63.4 Å². The molecule has 5 nitrogen and oxygen atoms in total. The van der Waals surface area contributed by atoms with Crippen LogP contribution >= 0.6 is 0 Å². The number of hydrogen-bond donors (Lipinski definition) is 0. The van der Waals surface area contributed by atoms with Gasteiger partial charge in [-0.15, -0.1) is 0 Å². The number of rotatable bonds is 4. The van der Waals surface area contributed by atoms with Crippen LogP contribution in [0.3, 0.4) is 0 Å². The monoisotopic (exact) mass is 366 g/mol. The van der Waals surface area contributed by atoms with E-state index in [4.69, 9.17) is 4.42 Å². The number of halogens is 1. The maximum Gasteiger partial charge on any atom is 0.261 e. The first-order valence-electron chi connectivity index (χ1n) is 8.75. The van der Waals surface area contributed by atoms with E-state index in [9.17, 15) is 14.0 Å². The Morgan fingerprint density at radius 3 is 2.11 bits per heavy atom. The smallest absolute Gasteiger partial charge is 0.261 e. The average Bonchev–Trinajstić information content (AvgIpc) is 3.32. The molecule has 0 N–H and O–H groups in total. The van der Waals surface area contributed by atoms with Gasteiger partial charge in [-0.3, -0.25) is 14.5 Å². The van der Waals surface area contributed by atoms with Gasteiger partial charge in [0, 0.05) is 6.54 Å². The number of fused-ring (bicyclic) bond motifs is 1. The summed E-state index contributed by atoms with van der Waals surface area (Å²) >= 11 is 0. The van der Waals surface area contributed by atoms with Gasteiger partial charge in [0.15, 0.2) is 0 Å². The Bertz CT molecular complexity index is 901. The third-order valence-electron chi connectivity index (χ3n) is 4.27. The molecule has 2 amide bonds. The number of nitrogens with zero attached hydrogens (tertiary/aromatic N) is 2. The highest BCUT2D eigenvalue weighted by atomic mass is 19.1. The molecular formula is C21H19FN2O3. The fraction of sp³-hybridized carbons (Fsp3) is 0.190. The van der Waals surface area contributed by atoms with Crippen molar-refractivity contribution < 1.29 is 18.4 Å². The summed E-state index contributed by atoms with van der Waals surface area (Å²) in [5, 5.41) is 0. The fourth-order valence-corrected chi connectivity index (χ4v) is 3.02. The Labute approximate surface area is 156 Å². The van der Waals surface area contributed by atoms with Crippen molar-refractivity contribution in [1.29, 1.82) is 0 Å². The van der Waals surface area contributed by atoms with E-state index in [0.29, 0.717) is 22.6 Å². The van der Waals surface area contributed by atoms with Crippen LogP contribution in [0.1, 0.15) is 51.9 Å². The molecule has 1 aliphatic heterocycles. The van der Waals surface area contributed by atoms with Gasteiger partial charge in [0.1, 0.15) is 12.1 Å². The molecule has 2 heterocycles. The van der Waals surface area contributed by atoms with Gasteiger partial charge in [0.2, 0.25) is 5.89 Å². The normalized spacial score (nSPS) is 13.8. The predicted molar refractivity (Wildman–Crippen MR) is 97.9 cm³/mol. The lowest BCUT2D eigenvalue weighted by Crippen LogP contribution is -2.34. The van der Waals surface area contributed by atoms with Crippen molar-refractivity contribution in [3.05, 3.63) is 89.4 Å². The minimum Gasteiger partial charge on any atom is -0.448 e. The van der Waals surface area contributed by atoms with E-state index in [2.05, 4.69) is 4.98 Å². The lowest BCUT2D eigenvalue weighted by atomic mass is 9.98. The number of hydrogen-bond acceptors (Lipinski definition) is 4. The van der Waals surface area contributed by atoms with Crippen LogP contribution in [0, 0.1) is 5.82 Å². The second-order valence-corrected chi connectivity index (χ2v) is 5.74. The second-order valence-electron chi connectivity index (χ2n) is 5.74. The molecule has 1 unspecified atom stereocenters. The Morgan fingerprint density at radius 2 is 1.59 bits per heavy atom. The van der Waals surface area contributed by atoms with Crippen molar-refractivity contribution in [1.82, 2.24) is 9.88 Å². The molecule has 6 heteroatoms. The molecule has 0 saturated heterocycles. The van der Waals surface area contributed by atoms with Crippen molar-refractivity contribution >= 4 is 11.8 Å². The minimum absolute atomic E-state index is 0.0679. The highest BCUT2D eigenvalue weighted by Gasteiger charge is 2.37. The molecule has 0 fully saturated rings. The minimum atomic E-state index is -0.474. The van der Waals surface area contributed by atoms with Gasteiger partial charge in [-0.1, -0.05) is 38.1 Å². The maximum atomic E-state index is 13.2. The van der Waals surface area contributed by atoms with Gasteiger partial charge in [-0.2, -0.15) is 0 Å². The van der Waals surface area contributed by atoms with Crippen LogP contribution in [-0.4, -0.2) is 28.2 Å². The van der Waals surface area contributed by atoms with E-state index in [0.717, 1.165) is 0 Å². The standard InChI is InChI=1S/C19H13FN2O3.C2H6/c20-13-7-5-12(6-8-13)16(17-21-9-10-25-17)11-22-18(23)14-3-1-2-4-15(14)19(22)24;1-2/h1-10,16H,11H2;1-2H3. The highest BCUT2D eigenvalue weighted by Crippen LogP contribution is 2.29. The number of carbonyl (C=O) groups is 2. The number of amides is 2. The Kier molecular flexibility index (Phi) is 5.45. The number of carbonyl (C=O) groups excluding carboxylic acids is 2. The SMILES string of the molecule is CC.O=C1c2ccccc2C(=O)N1CC(c1ccc(F)cc1)c1ncco1. The molecule has 0 bridgehead atoms. The molecule has 0 radical (unpaired) electrons. The third kappa shape index (κ3) is 3.51. The van der Waals surface area contributed by atoms with E-state index in [1.54, 1.807) is 36.4 Å². The first-order valence-corrected chi connectivity index (χ1v) is 8.75. The van der Waals surface area contributed by atoms with Crippen molar-refractivity contribution in [2.75, 3.05) is 6.54 Å². The quantitative estimate of drug-likeness (QED) is 0.647. The van der Waals surface area contributed by atoms with Gasteiger partial charge in [-0.25, -0.2) is 9.37 Å². The molecule has 0 aliphatic carbocycles. The molecule has 0 saturated carbocycles. The zero-order chi connectivity index (χ0) is 19.4. The molecule has 4 rings (SSSR count). The number of aromatic nitrogens is 1. The van der Waals surface area contributed by atoms with Crippen molar-refractivity contribution in [3.8, 4) is 0 Å². The van der Waals surface area contributed by atoms with E-state index in [1.165, 1.54) is 29.5 Å². The summed E-state index contributed by atoms with van der Waals surface area (Å²) in [7, 11) is 0. The van der Waals surface area contributed by atoms with Gasteiger partial charge in [0.05, 0.1) is 23.2 Å². The van der Waals surface area contributed by atoms with Crippen LogP contribution in [0.15, 0.2) is 65.4 Å². The van der Waals surface area contributed by atoms with Gasteiger partial charge in [-0.05, 0) is 29.8 Å². The van der Waals surface area contributed by atoms with Crippen LogP contribution in [0.2, 0.25) is 0 Å². The van der Waals surface area contributed by atoms with Crippen LogP contribution in [0.25, 0.3) is 0 Å². The first kappa shape index (κ1) is 18.5. The Morgan fingerprint density at radius 1 is 1.00 bits per heavy atom. The molecular weight excluding hydrogens is 347 g/mol. The van der Waals surface area contributed by atoms with E-state index in [1.807, 2.05) is 13.8 Å². The molecule has 138 valence electrons. The molecule has 1 atom stereocenters. The molecule has 1 aromatic heterocycles. The second kappa shape index (κ2) is 7.95. The summed E-state index contributed by atoms with van der Waals surface area (Å²) in [6.45, 7) is 4.07. The number of oxazole rings is 1. The molecule has 3 aromatic rings. The van der Waals surface area contributed by atoms with Crippen LogP contribution in [0.5, 0.6) is 0 Å².